The number of hydroxylamine groups is 1. The third-order valence-electron chi connectivity index (χ3n) is 5.66. The molecule has 0 saturated heterocycles. The molecule has 0 aliphatic carbocycles. The Morgan fingerprint density at radius 2 is 1.49 bits per heavy atom. The molecule has 3 N–H and O–H groups in total. The van der Waals surface area contributed by atoms with Crippen molar-refractivity contribution in [3.63, 3.8) is 0 Å². The van der Waals surface area contributed by atoms with Crippen LogP contribution >= 0.6 is 23.2 Å². The number of rotatable bonds is 11. The number of benzene rings is 3. The molecule has 0 bridgehead atoms. The van der Waals surface area contributed by atoms with E-state index in [2.05, 4.69) is 15.8 Å². The zero-order chi connectivity index (χ0) is 27.6. The van der Waals surface area contributed by atoms with Gasteiger partial charge in [0.2, 0.25) is 0 Å². The number of carbonyl (C=O) groups excluding carboxylic acids is 2. The molecule has 3 aromatic carbocycles. The summed E-state index contributed by atoms with van der Waals surface area (Å²) in [4.78, 5) is 35.6. The van der Waals surface area contributed by atoms with E-state index < -0.39 is 18.4 Å². The van der Waals surface area contributed by atoms with Crippen LogP contribution in [-0.2, 0) is 31.2 Å². The predicted octanol–water partition coefficient (Wildman–Crippen LogP) is 5.25. The van der Waals surface area contributed by atoms with Gasteiger partial charge < -0.3 is 15.2 Å². The van der Waals surface area contributed by atoms with Crippen LogP contribution in [0.15, 0.2) is 85.1 Å². The Balaban J connectivity index is 1.56. The molecule has 1 aromatic heterocycles. The van der Waals surface area contributed by atoms with Gasteiger partial charge in [0.25, 0.3) is 11.8 Å². The van der Waals surface area contributed by atoms with E-state index in [1.165, 1.54) is 6.20 Å². The second-order valence-corrected chi connectivity index (χ2v) is 9.21. The number of nitrogens with one attached hydrogen (secondary N) is 2. The molecule has 8 nitrogen and oxygen atoms in total. The van der Waals surface area contributed by atoms with Crippen LogP contribution in [0.3, 0.4) is 0 Å². The van der Waals surface area contributed by atoms with Crippen LogP contribution in [0.2, 0.25) is 10.0 Å². The molecule has 4 rings (SSSR count). The van der Waals surface area contributed by atoms with Crippen LogP contribution in [0.5, 0.6) is 5.75 Å². The number of halogens is 2. The van der Waals surface area contributed by atoms with Gasteiger partial charge in [-0.25, -0.2) is 10.5 Å². The number of hydrogen-bond acceptors (Lipinski definition) is 6. The van der Waals surface area contributed by atoms with Gasteiger partial charge in [0.15, 0.2) is 11.4 Å². The van der Waals surface area contributed by atoms with Gasteiger partial charge in [-0.15, -0.1) is 0 Å². The molecule has 4 aromatic rings. The normalized spacial score (nSPS) is 10.6. The Morgan fingerprint density at radius 3 is 2.13 bits per heavy atom. The standard InChI is InChI=1S/C29H25Cl2N3O5/c30-24-12-11-21(13-25(24)31)14-33-28(36)22-15-32-26(29(37)34-39-18-20-9-5-2-6-10-20)27(23(22)16-35)38-17-19-7-3-1-4-8-19/h1-13,15,35H,14,16-18H2,(H,33,36)(H,34,37). The Morgan fingerprint density at radius 1 is 0.821 bits per heavy atom. The van der Waals surface area contributed by atoms with Gasteiger partial charge in [-0.3, -0.25) is 14.4 Å². The van der Waals surface area contributed by atoms with E-state index in [1.807, 2.05) is 60.7 Å². The van der Waals surface area contributed by atoms with E-state index in [1.54, 1.807) is 18.2 Å². The third kappa shape index (κ3) is 7.55. The predicted molar refractivity (Wildman–Crippen MR) is 147 cm³/mol. The highest BCUT2D eigenvalue weighted by Crippen LogP contribution is 2.28. The molecule has 200 valence electrons. The lowest BCUT2D eigenvalue weighted by Gasteiger charge is -2.17. The molecule has 0 aliphatic rings. The first-order valence-electron chi connectivity index (χ1n) is 11.9. The molecule has 0 aliphatic heterocycles. The van der Waals surface area contributed by atoms with Gasteiger partial charge in [0.1, 0.15) is 6.61 Å². The Kier molecular flexibility index (Phi) is 9.88. The second kappa shape index (κ2) is 13.7. The highest BCUT2D eigenvalue weighted by Gasteiger charge is 2.24. The summed E-state index contributed by atoms with van der Waals surface area (Å²) in [6.45, 7) is -0.215. The highest BCUT2D eigenvalue weighted by atomic mass is 35.5. The van der Waals surface area contributed by atoms with Gasteiger partial charge in [-0.05, 0) is 28.8 Å². The van der Waals surface area contributed by atoms with Crippen LogP contribution < -0.4 is 15.5 Å². The topological polar surface area (TPSA) is 110 Å². The summed E-state index contributed by atoms with van der Waals surface area (Å²) in [5.74, 6) is -1.23. The molecular weight excluding hydrogens is 541 g/mol. The molecule has 2 amide bonds. The van der Waals surface area contributed by atoms with Crippen molar-refractivity contribution in [2.75, 3.05) is 0 Å². The molecular formula is C29H25Cl2N3O5. The van der Waals surface area contributed by atoms with Crippen LogP contribution in [0.1, 0.15) is 43.1 Å². The van der Waals surface area contributed by atoms with Crippen molar-refractivity contribution in [2.24, 2.45) is 0 Å². The Hall–Kier alpha value is -3.95. The van der Waals surface area contributed by atoms with E-state index >= 15 is 0 Å². The maximum absolute atomic E-state index is 13.1. The molecule has 39 heavy (non-hydrogen) atoms. The van der Waals surface area contributed by atoms with Crippen molar-refractivity contribution >= 4 is 35.0 Å². The largest absolute Gasteiger partial charge is 0.486 e. The molecule has 0 atom stereocenters. The summed E-state index contributed by atoms with van der Waals surface area (Å²) in [7, 11) is 0. The van der Waals surface area contributed by atoms with Gasteiger partial charge >= 0.3 is 0 Å². The molecule has 0 fully saturated rings. The Bertz CT molecular complexity index is 1440. The van der Waals surface area contributed by atoms with E-state index in [4.69, 9.17) is 32.8 Å². The monoisotopic (exact) mass is 565 g/mol. The smallest absolute Gasteiger partial charge is 0.297 e. The first-order valence-corrected chi connectivity index (χ1v) is 12.7. The van der Waals surface area contributed by atoms with Gasteiger partial charge in [0.05, 0.1) is 28.8 Å². The molecule has 10 heteroatoms. The minimum Gasteiger partial charge on any atom is -0.486 e. The van der Waals surface area contributed by atoms with Crippen LogP contribution in [0, 0.1) is 0 Å². The summed E-state index contributed by atoms with van der Waals surface area (Å²) < 4.78 is 5.96. The number of carbonyl (C=O) groups is 2. The van der Waals surface area contributed by atoms with Crippen molar-refractivity contribution in [1.29, 1.82) is 0 Å². The maximum atomic E-state index is 13.1. The maximum Gasteiger partial charge on any atom is 0.297 e. The van der Waals surface area contributed by atoms with E-state index in [0.717, 1.165) is 16.7 Å². The van der Waals surface area contributed by atoms with Crippen molar-refractivity contribution < 1.29 is 24.3 Å². The minimum absolute atomic E-state index is 0.0237. The van der Waals surface area contributed by atoms with Crippen LogP contribution in [0.4, 0.5) is 0 Å². The van der Waals surface area contributed by atoms with E-state index in [9.17, 15) is 14.7 Å². The summed E-state index contributed by atoms with van der Waals surface area (Å²) in [6.07, 6.45) is 1.22. The lowest BCUT2D eigenvalue weighted by atomic mass is 10.1. The number of aromatic nitrogens is 1. The average molecular weight is 566 g/mol. The van der Waals surface area contributed by atoms with Crippen LogP contribution in [-0.4, -0.2) is 21.9 Å². The quantitative estimate of drug-likeness (QED) is 0.214. The highest BCUT2D eigenvalue weighted by molar-refractivity contribution is 6.42. The Labute approximate surface area is 235 Å². The fraction of sp³-hybridized carbons (Fsp3) is 0.138. The zero-order valence-corrected chi connectivity index (χ0v) is 22.2. The molecule has 0 saturated carbocycles. The van der Waals surface area contributed by atoms with Crippen molar-refractivity contribution in [3.8, 4) is 5.75 Å². The zero-order valence-electron chi connectivity index (χ0n) is 20.7. The van der Waals surface area contributed by atoms with Gasteiger partial charge in [0, 0.05) is 18.3 Å². The third-order valence-corrected chi connectivity index (χ3v) is 6.40. The summed E-state index contributed by atoms with van der Waals surface area (Å²) in [5, 5.41) is 13.8. The second-order valence-electron chi connectivity index (χ2n) is 8.40. The fourth-order valence-corrected chi connectivity index (χ4v) is 3.99. The van der Waals surface area contributed by atoms with Crippen molar-refractivity contribution in [3.05, 3.63) is 129 Å². The fourth-order valence-electron chi connectivity index (χ4n) is 3.67. The lowest BCUT2D eigenvalue weighted by Crippen LogP contribution is -2.28. The molecule has 0 radical (unpaired) electrons. The number of amides is 2. The first kappa shape index (κ1) is 28.1. The number of hydrogen-bond donors (Lipinski definition) is 3. The number of ether oxygens (including phenoxy) is 1. The number of aliphatic hydroxyl groups excluding tert-OH is 1. The summed E-state index contributed by atoms with van der Waals surface area (Å²) in [6, 6.07) is 23.6. The SMILES string of the molecule is O=C(NCc1ccc(Cl)c(Cl)c1)c1cnc(C(=O)NOCc2ccccc2)c(OCc2ccccc2)c1CO. The number of nitrogens with zero attached hydrogens (tertiary/aromatic N) is 1. The van der Waals surface area contributed by atoms with Crippen molar-refractivity contribution in [2.45, 2.75) is 26.4 Å². The summed E-state index contributed by atoms with van der Waals surface area (Å²) >= 11 is 12.0. The number of aliphatic hydroxyl groups is 1. The average Bonchev–Trinajstić information content (AvgIpc) is 2.97. The molecule has 1 heterocycles. The van der Waals surface area contributed by atoms with Gasteiger partial charge in [-0.2, -0.15) is 0 Å². The molecule has 0 unspecified atom stereocenters. The molecule has 0 spiro atoms. The van der Waals surface area contributed by atoms with E-state index in [-0.39, 0.29) is 42.3 Å². The first-order chi connectivity index (χ1) is 19.0. The van der Waals surface area contributed by atoms with Gasteiger partial charge in [-0.1, -0.05) is 89.9 Å². The van der Waals surface area contributed by atoms with Crippen molar-refractivity contribution in [1.82, 2.24) is 15.8 Å². The summed E-state index contributed by atoms with van der Waals surface area (Å²) in [5.41, 5.74) is 4.79. The number of pyridine rings is 1. The van der Waals surface area contributed by atoms with E-state index in [0.29, 0.717) is 10.0 Å². The minimum atomic E-state index is -0.688. The van der Waals surface area contributed by atoms with Crippen LogP contribution in [0.25, 0.3) is 0 Å². The lowest BCUT2D eigenvalue weighted by molar-refractivity contribution is 0.0226.